The minimum atomic E-state index is -0.0860. The van der Waals surface area contributed by atoms with Gasteiger partial charge in [-0.3, -0.25) is 9.36 Å². The summed E-state index contributed by atoms with van der Waals surface area (Å²) < 4.78 is 8.04. The third kappa shape index (κ3) is 3.84. The maximum Gasteiger partial charge on any atom is 0.266 e. The van der Waals surface area contributed by atoms with Crippen molar-refractivity contribution in [3.05, 3.63) is 93.2 Å². The molecule has 0 aliphatic heterocycles. The normalized spacial score (nSPS) is 10.9. The lowest BCUT2D eigenvalue weighted by molar-refractivity contribution is 0.414. The first-order valence-corrected chi connectivity index (χ1v) is 10.5. The molecule has 0 saturated heterocycles. The summed E-state index contributed by atoms with van der Waals surface area (Å²) in [5.74, 6) is 1.41. The molecule has 0 radical (unpaired) electrons. The Morgan fingerprint density at radius 3 is 2.61 bits per heavy atom. The second-order valence-electron chi connectivity index (χ2n) is 6.17. The molecule has 28 heavy (non-hydrogen) atoms. The smallest absolute Gasteiger partial charge is 0.266 e. The van der Waals surface area contributed by atoms with Crippen LogP contribution in [0, 0.1) is 0 Å². The second kappa shape index (κ2) is 8.20. The second-order valence-corrected chi connectivity index (χ2v) is 8.03. The molecule has 0 unspecified atom stereocenters. The van der Waals surface area contributed by atoms with Crippen molar-refractivity contribution in [3.8, 4) is 11.4 Å². The highest BCUT2D eigenvalue weighted by atomic mass is 79.9. The largest absolute Gasteiger partial charge is 0.497 e. The first-order chi connectivity index (χ1) is 13.7. The van der Waals surface area contributed by atoms with Gasteiger partial charge in [0.1, 0.15) is 5.75 Å². The van der Waals surface area contributed by atoms with Crippen LogP contribution in [0.15, 0.2) is 87.2 Å². The fourth-order valence-electron chi connectivity index (χ4n) is 2.91. The van der Waals surface area contributed by atoms with Crippen LogP contribution in [0.3, 0.4) is 0 Å². The molecule has 4 rings (SSSR count). The number of aromatic nitrogens is 2. The highest BCUT2D eigenvalue weighted by Crippen LogP contribution is 2.26. The summed E-state index contributed by atoms with van der Waals surface area (Å²) in [7, 11) is 1.61. The zero-order valence-corrected chi connectivity index (χ0v) is 17.5. The molecule has 0 bridgehead atoms. The van der Waals surface area contributed by atoms with Crippen molar-refractivity contribution in [2.45, 2.75) is 10.9 Å². The molecule has 0 atom stereocenters. The van der Waals surface area contributed by atoms with E-state index in [0.29, 0.717) is 27.6 Å². The van der Waals surface area contributed by atoms with Gasteiger partial charge in [0, 0.05) is 16.3 Å². The van der Waals surface area contributed by atoms with Crippen LogP contribution >= 0.6 is 27.7 Å². The van der Waals surface area contributed by atoms with E-state index in [4.69, 9.17) is 9.72 Å². The monoisotopic (exact) mass is 452 g/mol. The highest BCUT2D eigenvalue weighted by molar-refractivity contribution is 9.10. The Bertz CT molecular complexity index is 1190. The zero-order valence-electron chi connectivity index (χ0n) is 15.1. The highest BCUT2D eigenvalue weighted by Gasteiger charge is 2.14. The Kier molecular flexibility index (Phi) is 5.50. The van der Waals surface area contributed by atoms with Crippen LogP contribution in [0.25, 0.3) is 16.6 Å². The number of ether oxygens (including phenoxy) is 1. The van der Waals surface area contributed by atoms with Gasteiger partial charge in [-0.25, -0.2) is 4.98 Å². The average Bonchev–Trinajstić information content (AvgIpc) is 2.73. The molecule has 3 aromatic carbocycles. The first-order valence-electron chi connectivity index (χ1n) is 8.69. The summed E-state index contributed by atoms with van der Waals surface area (Å²) in [6, 6.07) is 23.1. The Hall–Kier alpha value is -2.57. The summed E-state index contributed by atoms with van der Waals surface area (Å²) in [6.45, 7) is 0. The molecule has 1 aromatic heterocycles. The molecule has 4 aromatic rings. The predicted molar refractivity (Wildman–Crippen MR) is 118 cm³/mol. The van der Waals surface area contributed by atoms with Gasteiger partial charge in [-0.1, -0.05) is 58.0 Å². The van der Waals surface area contributed by atoms with Gasteiger partial charge >= 0.3 is 0 Å². The van der Waals surface area contributed by atoms with Crippen LogP contribution in [-0.4, -0.2) is 16.7 Å². The quantitative estimate of drug-likeness (QED) is 0.298. The molecule has 0 aliphatic rings. The van der Waals surface area contributed by atoms with E-state index in [2.05, 4.69) is 28.1 Å². The van der Waals surface area contributed by atoms with Crippen molar-refractivity contribution < 1.29 is 4.74 Å². The van der Waals surface area contributed by atoms with Gasteiger partial charge in [0.25, 0.3) is 5.56 Å². The van der Waals surface area contributed by atoms with Crippen molar-refractivity contribution in [3.63, 3.8) is 0 Å². The lowest BCUT2D eigenvalue weighted by Crippen LogP contribution is -2.21. The zero-order chi connectivity index (χ0) is 19.5. The van der Waals surface area contributed by atoms with E-state index in [1.54, 1.807) is 11.7 Å². The standard InChI is InChI=1S/C22H17BrN2O2S/c1-27-18-6-4-5-17(13-18)25-21(26)19-7-2-3-8-20(19)24-22(25)28-14-15-9-11-16(23)12-10-15/h2-13H,14H2,1H3. The van der Waals surface area contributed by atoms with Crippen molar-refractivity contribution in [2.24, 2.45) is 0 Å². The third-order valence-corrected chi connectivity index (χ3v) is 5.88. The van der Waals surface area contributed by atoms with Crippen LogP contribution in [-0.2, 0) is 5.75 Å². The molecule has 6 heteroatoms. The Labute approximate surface area is 175 Å². The number of rotatable bonds is 5. The van der Waals surface area contributed by atoms with Crippen LogP contribution in [0.1, 0.15) is 5.56 Å². The number of benzene rings is 3. The van der Waals surface area contributed by atoms with Gasteiger partial charge in [-0.15, -0.1) is 0 Å². The topological polar surface area (TPSA) is 44.1 Å². The molecule has 0 aliphatic carbocycles. The number of para-hydroxylation sites is 1. The molecule has 4 nitrogen and oxygen atoms in total. The van der Waals surface area contributed by atoms with Crippen molar-refractivity contribution >= 4 is 38.6 Å². The molecule has 0 spiro atoms. The van der Waals surface area contributed by atoms with Crippen molar-refractivity contribution in [2.75, 3.05) is 7.11 Å². The maximum atomic E-state index is 13.3. The number of nitrogens with zero attached hydrogens (tertiary/aromatic N) is 2. The molecular weight excluding hydrogens is 436 g/mol. The summed E-state index contributed by atoms with van der Waals surface area (Å²) in [5, 5.41) is 1.25. The fourth-order valence-corrected chi connectivity index (χ4v) is 4.15. The van der Waals surface area contributed by atoms with E-state index in [1.807, 2.05) is 60.7 Å². The van der Waals surface area contributed by atoms with E-state index < -0.39 is 0 Å². The predicted octanol–water partition coefficient (Wildman–Crippen LogP) is 5.45. The number of thioether (sulfide) groups is 1. The van der Waals surface area contributed by atoms with E-state index in [0.717, 1.165) is 15.7 Å². The SMILES string of the molecule is COc1cccc(-n2c(SCc3ccc(Br)cc3)nc3ccccc3c2=O)c1. The van der Waals surface area contributed by atoms with Crippen molar-refractivity contribution in [1.82, 2.24) is 9.55 Å². The van der Waals surface area contributed by atoms with Gasteiger partial charge in [0.15, 0.2) is 5.16 Å². The molecule has 0 amide bonds. The van der Waals surface area contributed by atoms with E-state index >= 15 is 0 Å². The minimum absolute atomic E-state index is 0.0860. The Balaban J connectivity index is 1.83. The van der Waals surface area contributed by atoms with Gasteiger partial charge in [0.2, 0.25) is 0 Å². The molecule has 0 saturated carbocycles. The van der Waals surface area contributed by atoms with Gasteiger partial charge in [-0.2, -0.15) is 0 Å². The van der Waals surface area contributed by atoms with Crippen LogP contribution < -0.4 is 10.3 Å². The number of methoxy groups -OCH3 is 1. The number of hydrogen-bond acceptors (Lipinski definition) is 4. The summed E-state index contributed by atoms with van der Waals surface area (Å²) in [6.07, 6.45) is 0. The van der Waals surface area contributed by atoms with Crippen LogP contribution in [0.2, 0.25) is 0 Å². The maximum absolute atomic E-state index is 13.3. The van der Waals surface area contributed by atoms with Crippen LogP contribution in [0.5, 0.6) is 5.75 Å². The third-order valence-electron chi connectivity index (χ3n) is 4.34. The summed E-state index contributed by atoms with van der Waals surface area (Å²) >= 11 is 5.00. The molecule has 0 N–H and O–H groups in total. The summed E-state index contributed by atoms with van der Waals surface area (Å²) in [5.41, 5.74) is 2.51. The minimum Gasteiger partial charge on any atom is -0.497 e. The van der Waals surface area contributed by atoms with Gasteiger partial charge < -0.3 is 4.74 Å². The Morgan fingerprint density at radius 1 is 1.04 bits per heavy atom. The molecular formula is C22H17BrN2O2S. The molecule has 1 heterocycles. The van der Waals surface area contributed by atoms with E-state index in [-0.39, 0.29) is 5.56 Å². The van der Waals surface area contributed by atoms with E-state index in [1.165, 1.54) is 11.8 Å². The Morgan fingerprint density at radius 2 is 1.82 bits per heavy atom. The lowest BCUT2D eigenvalue weighted by Gasteiger charge is -2.14. The molecule has 0 fully saturated rings. The lowest BCUT2D eigenvalue weighted by atomic mass is 10.2. The average molecular weight is 453 g/mol. The number of hydrogen-bond donors (Lipinski definition) is 0. The summed E-state index contributed by atoms with van der Waals surface area (Å²) in [4.78, 5) is 18.0. The first kappa shape index (κ1) is 18.8. The van der Waals surface area contributed by atoms with Gasteiger partial charge in [-0.05, 0) is 42.0 Å². The molecule has 140 valence electrons. The van der Waals surface area contributed by atoms with Crippen LogP contribution in [0.4, 0.5) is 0 Å². The number of halogens is 1. The number of fused-ring (bicyclic) bond motifs is 1. The van der Waals surface area contributed by atoms with Crippen molar-refractivity contribution in [1.29, 1.82) is 0 Å². The van der Waals surface area contributed by atoms with E-state index in [9.17, 15) is 4.79 Å². The fraction of sp³-hybridized carbons (Fsp3) is 0.0909. The van der Waals surface area contributed by atoms with Gasteiger partial charge in [0.05, 0.1) is 23.7 Å².